The molecule has 3 aromatic rings. The molecule has 0 amide bonds. The van der Waals surface area contributed by atoms with Gasteiger partial charge in [-0.15, -0.1) is 16.5 Å². The highest BCUT2D eigenvalue weighted by Crippen LogP contribution is 2.39. The lowest BCUT2D eigenvalue weighted by Gasteiger charge is -1.98. The summed E-state index contributed by atoms with van der Waals surface area (Å²) in [6.45, 7) is 2.01. The number of hydrogen-bond donors (Lipinski definition) is 1. The second-order valence-electron chi connectivity index (χ2n) is 4.11. The summed E-state index contributed by atoms with van der Waals surface area (Å²) in [6, 6.07) is 8.97. The Hall–Kier alpha value is -2.27. The Kier molecular flexibility index (Phi) is 2.97. The number of benzene rings is 1. The Morgan fingerprint density at radius 2 is 1.89 bits per heavy atom. The van der Waals surface area contributed by atoms with Crippen LogP contribution in [0.3, 0.4) is 0 Å². The van der Waals surface area contributed by atoms with Crippen molar-refractivity contribution >= 4 is 32.8 Å². The molecule has 0 saturated heterocycles. The summed E-state index contributed by atoms with van der Waals surface area (Å²) in [5, 5.41) is 19.1. The number of aromatic nitrogens is 1. The molecule has 0 spiro atoms. The van der Waals surface area contributed by atoms with E-state index in [0.29, 0.717) is 0 Å². The Morgan fingerprint density at radius 3 is 2.68 bits per heavy atom. The molecule has 94 valence electrons. The second kappa shape index (κ2) is 4.78. The average Bonchev–Trinajstić information content (AvgIpc) is 2.82. The van der Waals surface area contributed by atoms with E-state index in [-0.39, 0.29) is 5.75 Å². The zero-order chi connectivity index (χ0) is 13.2. The molecular weight excluding hydrogens is 258 g/mol. The first-order chi connectivity index (χ1) is 9.24. The van der Waals surface area contributed by atoms with E-state index in [1.165, 1.54) is 0 Å². The van der Waals surface area contributed by atoms with Crippen LogP contribution in [0.5, 0.6) is 5.75 Å². The maximum Gasteiger partial charge on any atom is 0.124 e. The highest BCUT2D eigenvalue weighted by Gasteiger charge is 2.08. The number of fused-ring (bicyclic) bond motifs is 1. The fraction of sp³-hybridized carbons (Fsp3) is 0.0714. The molecule has 0 radical (unpaired) electrons. The first-order valence-electron chi connectivity index (χ1n) is 5.78. The molecule has 0 fully saturated rings. The molecule has 0 bridgehead atoms. The summed E-state index contributed by atoms with van der Waals surface area (Å²) < 4.78 is 0.954. The summed E-state index contributed by atoms with van der Waals surface area (Å²) in [6.07, 6.45) is 3.35. The first kappa shape index (κ1) is 11.8. The minimum atomic E-state index is 0.280. The monoisotopic (exact) mass is 269 g/mol. The van der Waals surface area contributed by atoms with Crippen LogP contribution in [0.15, 0.2) is 53.0 Å². The standard InChI is InChI=1S/C14H11N3OS/c1-9-8-11-13(18)3-2-12(14(11)19-9)17-16-10-4-6-15-7-5-10/h2-8,18H,1H3. The van der Waals surface area contributed by atoms with Crippen molar-refractivity contribution in [2.45, 2.75) is 6.92 Å². The van der Waals surface area contributed by atoms with Gasteiger partial charge in [-0.25, -0.2) is 0 Å². The number of aryl methyl sites for hydroxylation is 1. The van der Waals surface area contributed by atoms with E-state index < -0.39 is 0 Å². The highest BCUT2D eigenvalue weighted by molar-refractivity contribution is 7.19. The van der Waals surface area contributed by atoms with Gasteiger partial charge in [0.05, 0.1) is 10.4 Å². The molecule has 2 aromatic heterocycles. The van der Waals surface area contributed by atoms with Crippen LogP contribution in [0.4, 0.5) is 11.4 Å². The normalized spacial score (nSPS) is 11.4. The second-order valence-corrected chi connectivity index (χ2v) is 5.37. The summed E-state index contributed by atoms with van der Waals surface area (Å²) in [7, 11) is 0. The van der Waals surface area contributed by atoms with Gasteiger partial charge in [0.25, 0.3) is 0 Å². The lowest BCUT2D eigenvalue weighted by Crippen LogP contribution is -1.69. The molecule has 0 unspecified atom stereocenters. The minimum Gasteiger partial charge on any atom is -0.507 e. The Balaban J connectivity index is 2.06. The molecule has 0 aliphatic heterocycles. The smallest absolute Gasteiger partial charge is 0.124 e. The maximum absolute atomic E-state index is 9.82. The molecule has 19 heavy (non-hydrogen) atoms. The van der Waals surface area contributed by atoms with Gasteiger partial charge in [0.1, 0.15) is 11.4 Å². The number of azo groups is 1. The third-order valence-electron chi connectivity index (χ3n) is 2.70. The first-order valence-corrected chi connectivity index (χ1v) is 6.59. The van der Waals surface area contributed by atoms with E-state index in [1.807, 2.05) is 13.0 Å². The number of hydrogen-bond acceptors (Lipinski definition) is 5. The summed E-state index contributed by atoms with van der Waals surface area (Å²) >= 11 is 1.60. The van der Waals surface area contributed by atoms with Gasteiger partial charge in [-0.3, -0.25) is 4.98 Å². The van der Waals surface area contributed by atoms with E-state index in [9.17, 15) is 5.11 Å². The van der Waals surface area contributed by atoms with Crippen LogP contribution in [0, 0.1) is 6.92 Å². The average molecular weight is 269 g/mol. The van der Waals surface area contributed by atoms with Crippen molar-refractivity contribution in [2.24, 2.45) is 10.2 Å². The quantitative estimate of drug-likeness (QED) is 0.684. The molecule has 0 atom stereocenters. The van der Waals surface area contributed by atoms with Crippen LogP contribution < -0.4 is 0 Å². The number of phenolic OH excluding ortho intramolecular Hbond substituents is 1. The molecule has 5 heteroatoms. The number of rotatable bonds is 2. The van der Waals surface area contributed by atoms with Crippen molar-refractivity contribution in [3.05, 3.63) is 47.6 Å². The van der Waals surface area contributed by atoms with Crippen LogP contribution in [-0.4, -0.2) is 10.1 Å². The molecule has 2 heterocycles. The zero-order valence-corrected chi connectivity index (χ0v) is 11.1. The zero-order valence-electron chi connectivity index (χ0n) is 10.2. The SMILES string of the molecule is Cc1cc2c(O)ccc(N=Nc3ccncc3)c2s1. The van der Waals surface area contributed by atoms with Gasteiger partial charge in [0, 0.05) is 22.7 Å². The predicted octanol–water partition coefficient (Wildman–Crippen LogP) is 4.73. The van der Waals surface area contributed by atoms with E-state index in [2.05, 4.69) is 15.2 Å². The van der Waals surface area contributed by atoms with Crippen LogP contribution in [-0.2, 0) is 0 Å². The Bertz CT molecular complexity index is 750. The van der Waals surface area contributed by atoms with Gasteiger partial charge < -0.3 is 5.11 Å². The van der Waals surface area contributed by atoms with Crippen LogP contribution >= 0.6 is 11.3 Å². The van der Waals surface area contributed by atoms with E-state index in [0.717, 1.165) is 26.3 Å². The summed E-state index contributed by atoms with van der Waals surface area (Å²) in [5.74, 6) is 0.280. The molecule has 0 aliphatic rings. The highest BCUT2D eigenvalue weighted by atomic mass is 32.1. The molecule has 1 N–H and O–H groups in total. The summed E-state index contributed by atoms with van der Waals surface area (Å²) in [5.41, 5.74) is 1.52. The Labute approximate surface area is 114 Å². The minimum absolute atomic E-state index is 0.280. The van der Waals surface area contributed by atoms with Gasteiger partial charge in [0.15, 0.2) is 0 Å². The van der Waals surface area contributed by atoms with Crippen molar-refractivity contribution in [1.82, 2.24) is 4.98 Å². The fourth-order valence-corrected chi connectivity index (χ4v) is 2.80. The van der Waals surface area contributed by atoms with E-state index in [1.54, 1.807) is 48.0 Å². The van der Waals surface area contributed by atoms with Crippen molar-refractivity contribution in [1.29, 1.82) is 0 Å². The summed E-state index contributed by atoms with van der Waals surface area (Å²) in [4.78, 5) is 5.07. The topological polar surface area (TPSA) is 57.8 Å². The van der Waals surface area contributed by atoms with Crippen LogP contribution in [0.2, 0.25) is 0 Å². The third kappa shape index (κ3) is 2.32. The fourth-order valence-electron chi connectivity index (χ4n) is 1.82. The molecule has 0 saturated carbocycles. The number of phenols is 1. The predicted molar refractivity (Wildman–Crippen MR) is 76.6 cm³/mol. The van der Waals surface area contributed by atoms with E-state index >= 15 is 0 Å². The molecular formula is C14H11N3OS. The van der Waals surface area contributed by atoms with Crippen molar-refractivity contribution < 1.29 is 5.11 Å². The number of pyridine rings is 1. The van der Waals surface area contributed by atoms with Crippen molar-refractivity contribution in [3.8, 4) is 5.75 Å². The lowest BCUT2D eigenvalue weighted by molar-refractivity contribution is 0.482. The lowest BCUT2D eigenvalue weighted by atomic mass is 10.2. The van der Waals surface area contributed by atoms with Crippen molar-refractivity contribution in [2.75, 3.05) is 0 Å². The van der Waals surface area contributed by atoms with Gasteiger partial charge in [-0.2, -0.15) is 5.11 Å². The van der Waals surface area contributed by atoms with Gasteiger partial charge >= 0.3 is 0 Å². The molecule has 3 rings (SSSR count). The van der Waals surface area contributed by atoms with Gasteiger partial charge in [0.2, 0.25) is 0 Å². The van der Waals surface area contributed by atoms with Gasteiger partial charge in [-0.1, -0.05) is 0 Å². The maximum atomic E-state index is 9.82. The van der Waals surface area contributed by atoms with E-state index in [4.69, 9.17) is 0 Å². The van der Waals surface area contributed by atoms with Gasteiger partial charge in [-0.05, 0) is 37.3 Å². The number of nitrogens with zero attached hydrogens (tertiary/aromatic N) is 3. The Morgan fingerprint density at radius 1 is 1.11 bits per heavy atom. The van der Waals surface area contributed by atoms with Crippen LogP contribution in [0.1, 0.15) is 4.88 Å². The number of aromatic hydroxyl groups is 1. The molecule has 1 aromatic carbocycles. The third-order valence-corrected chi connectivity index (χ3v) is 3.77. The molecule has 0 aliphatic carbocycles. The molecule has 4 nitrogen and oxygen atoms in total. The largest absolute Gasteiger partial charge is 0.507 e. The number of thiophene rings is 1. The van der Waals surface area contributed by atoms with Crippen molar-refractivity contribution in [3.63, 3.8) is 0 Å². The van der Waals surface area contributed by atoms with Crippen LogP contribution in [0.25, 0.3) is 10.1 Å².